The van der Waals surface area contributed by atoms with Gasteiger partial charge in [0.15, 0.2) is 0 Å². The molecule has 2 fully saturated rings. The molecule has 0 aromatic carbocycles. The summed E-state index contributed by atoms with van der Waals surface area (Å²) in [5.41, 5.74) is 0.605. The van der Waals surface area contributed by atoms with Crippen LogP contribution in [0.2, 0.25) is 0 Å². The zero-order valence-electron chi connectivity index (χ0n) is 9.43. The van der Waals surface area contributed by atoms with Crippen molar-refractivity contribution in [2.24, 2.45) is 5.41 Å². The van der Waals surface area contributed by atoms with E-state index in [9.17, 15) is 0 Å². The third kappa shape index (κ3) is 2.48. The second-order valence-electron chi connectivity index (χ2n) is 5.16. The van der Waals surface area contributed by atoms with Gasteiger partial charge in [-0.15, -0.1) is 0 Å². The summed E-state index contributed by atoms with van der Waals surface area (Å²) in [5.74, 6) is 0. The van der Waals surface area contributed by atoms with Gasteiger partial charge in [0.25, 0.3) is 0 Å². The van der Waals surface area contributed by atoms with Crippen LogP contribution in [-0.2, 0) is 4.74 Å². The van der Waals surface area contributed by atoms with Crippen molar-refractivity contribution >= 4 is 0 Å². The molecule has 82 valence electrons. The summed E-state index contributed by atoms with van der Waals surface area (Å²) in [6.07, 6.45) is 8.26. The molecule has 2 aliphatic heterocycles. The monoisotopic (exact) mass is 197 g/mol. The summed E-state index contributed by atoms with van der Waals surface area (Å²) >= 11 is 0. The molecule has 0 saturated carbocycles. The predicted octanol–water partition coefficient (Wildman–Crippen LogP) is 2.29. The van der Waals surface area contributed by atoms with Gasteiger partial charge in [-0.2, -0.15) is 0 Å². The van der Waals surface area contributed by atoms with E-state index >= 15 is 0 Å². The number of likely N-dealkylation sites (tertiary alicyclic amines) is 1. The van der Waals surface area contributed by atoms with Crippen LogP contribution in [-0.4, -0.2) is 38.3 Å². The fourth-order valence-corrected chi connectivity index (χ4v) is 3.00. The molecule has 2 rings (SSSR count). The summed E-state index contributed by atoms with van der Waals surface area (Å²) in [4.78, 5) is 2.53. The second-order valence-corrected chi connectivity index (χ2v) is 5.16. The Labute approximate surface area is 87.6 Å². The lowest BCUT2D eigenvalue weighted by molar-refractivity contribution is -0.0106. The molecule has 0 amide bonds. The number of rotatable bonds is 0. The van der Waals surface area contributed by atoms with Crippen molar-refractivity contribution in [2.75, 3.05) is 33.4 Å². The Kier molecular flexibility index (Phi) is 3.45. The van der Waals surface area contributed by atoms with Crippen molar-refractivity contribution in [2.45, 2.75) is 38.5 Å². The van der Waals surface area contributed by atoms with Crippen molar-refractivity contribution < 1.29 is 4.74 Å². The lowest BCUT2D eigenvalue weighted by atomic mass is 9.75. The van der Waals surface area contributed by atoms with Gasteiger partial charge in [0.1, 0.15) is 0 Å². The molecule has 0 aromatic rings. The summed E-state index contributed by atoms with van der Waals surface area (Å²) < 4.78 is 5.49. The first-order valence-electron chi connectivity index (χ1n) is 6.07. The van der Waals surface area contributed by atoms with Crippen LogP contribution in [0.3, 0.4) is 0 Å². The Hall–Kier alpha value is -0.0800. The molecule has 0 atom stereocenters. The Bertz CT molecular complexity index is 175. The molecule has 1 spiro atoms. The Morgan fingerprint density at radius 1 is 1.00 bits per heavy atom. The van der Waals surface area contributed by atoms with Crippen LogP contribution in [0.25, 0.3) is 0 Å². The molecule has 2 saturated heterocycles. The molecule has 0 aromatic heterocycles. The van der Waals surface area contributed by atoms with Crippen LogP contribution < -0.4 is 0 Å². The second kappa shape index (κ2) is 4.63. The fourth-order valence-electron chi connectivity index (χ4n) is 3.00. The average Bonchev–Trinajstić information content (AvgIpc) is 2.16. The molecule has 0 aliphatic carbocycles. The summed E-state index contributed by atoms with van der Waals surface area (Å²) in [6, 6.07) is 0. The van der Waals surface area contributed by atoms with E-state index in [0.717, 1.165) is 13.2 Å². The third-order valence-electron chi connectivity index (χ3n) is 3.91. The van der Waals surface area contributed by atoms with Gasteiger partial charge in [0, 0.05) is 19.8 Å². The van der Waals surface area contributed by atoms with Gasteiger partial charge in [-0.25, -0.2) is 0 Å². The molecule has 0 radical (unpaired) electrons. The number of hydrogen-bond donors (Lipinski definition) is 0. The molecule has 2 heteroatoms. The maximum atomic E-state index is 5.49. The van der Waals surface area contributed by atoms with Gasteiger partial charge in [-0.1, -0.05) is 12.8 Å². The zero-order chi connectivity index (χ0) is 9.86. The molecular weight excluding hydrogens is 174 g/mol. The molecule has 2 aliphatic rings. The Morgan fingerprint density at radius 2 is 1.79 bits per heavy atom. The largest absolute Gasteiger partial charge is 0.381 e. The van der Waals surface area contributed by atoms with Gasteiger partial charge >= 0.3 is 0 Å². The lowest BCUT2D eigenvalue weighted by Gasteiger charge is -2.41. The number of nitrogens with zero attached hydrogens (tertiary/aromatic N) is 1. The van der Waals surface area contributed by atoms with Crippen molar-refractivity contribution in [3.63, 3.8) is 0 Å². The minimum atomic E-state index is 0.605. The fraction of sp³-hybridized carbons (Fsp3) is 1.00. The Balaban J connectivity index is 1.98. The number of ether oxygens (including phenoxy) is 1. The quantitative estimate of drug-likeness (QED) is 0.591. The van der Waals surface area contributed by atoms with Gasteiger partial charge < -0.3 is 9.64 Å². The number of hydrogen-bond acceptors (Lipinski definition) is 2. The van der Waals surface area contributed by atoms with Gasteiger partial charge in [-0.05, 0) is 44.7 Å². The molecule has 2 nitrogen and oxygen atoms in total. The van der Waals surface area contributed by atoms with Crippen LogP contribution in [0.4, 0.5) is 0 Å². The van der Waals surface area contributed by atoms with Crippen molar-refractivity contribution in [3.05, 3.63) is 0 Å². The highest BCUT2D eigenvalue weighted by Gasteiger charge is 2.33. The first-order valence-corrected chi connectivity index (χ1v) is 6.07. The average molecular weight is 197 g/mol. The molecule has 14 heavy (non-hydrogen) atoms. The third-order valence-corrected chi connectivity index (χ3v) is 3.91. The van der Waals surface area contributed by atoms with E-state index in [1.807, 2.05) is 0 Å². The summed E-state index contributed by atoms with van der Waals surface area (Å²) in [6.45, 7) is 4.58. The Morgan fingerprint density at radius 3 is 2.57 bits per heavy atom. The van der Waals surface area contributed by atoms with Gasteiger partial charge in [-0.3, -0.25) is 0 Å². The minimum Gasteiger partial charge on any atom is -0.381 e. The standard InChI is InChI=1S/C12H23NO/c1-13-8-4-2-3-5-12(11-13)6-9-14-10-7-12/h2-11H2,1H3. The zero-order valence-corrected chi connectivity index (χ0v) is 9.43. The maximum Gasteiger partial charge on any atom is 0.0471 e. The minimum absolute atomic E-state index is 0.605. The topological polar surface area (TPSA) is 12.5 Å². The van der Waals surface area contributed by atoms with E-state index in [1.54, 1.807) is 0 Å². The lowest BCUT2D eigenvalue weighted by Crippen LogP contribution is -2.41. The van der Waals surface area contributed by atoms with E-state index in [1.165, 1.54) is 51.6 Å². The van der Waals surface area contributed by atoms with Crippen molar-refractivity contribution in [1.29, 1.82) is 0 Å². The predicted molar refractivity (Wildman–Crippen MR) is 58.5 cm³/mol. The van der Waals surface area contributed by atoms with E-state index in [2.05, 4.69) is 11.9 Å². The van der Waals surface area contributed by atoms with Gasteiger partial charge in [0.2, 0.25) is 0 Å². The summed E-state index contributed by atoms with van der Waals surface area (Å²) in [7, 11) is 2.28. The highest BCUT2D eigenvalue weighted by molar-refractivity contribution is 4.85. The molecule has 0 unspecified atom stereocenters. The molecule has 2 heterocycles. The van der Waals surface area contributed by atoms with Crippen LogP contribution in [0.15, 0.2) is 0 Å². The molecule has 0 bridgehead atoms. The highest BCUT2D eigenvalue weighted by atomic mass is 16.5. The van der Waals surface area contributed by atoms with Crippen LogP contribution in [0.5, 0.6) is 0 Å². The molecule has 0 N–H and O–H groups in total. The summed E-state index contributed by atoms with van der Waals surface area (Å²) in [5, 5.41) is 0. The highest BCUT2D eigenvalue weighted by Crippen LogP contribution is 2.37. The molecular formula is C12H23NO. The van der Waals surface area contributed by atoms with E-state index in [4.69, 9.17) is 4.74 Å². The van der Waals surface area contributed by atoms with E-state index in [0.29, 0.717) is 5.41 Å². The first kappa shape index (κ1) is 10.4. The van der Waals surface area contributed by atoms with Crippen LogP contribution in [0.1, 0.15) is 38.5 Å². The van der Waals surface area contributed by atoms with E-state index in [-0.39, 0.29) is 0 Å². The van der Waals surface area contributed by atoms with Crippen molar-refractivity contribution in [1.82, 2.24) is 4.90 Å². The van der Waals surface area contributed by atoms with Gasteiger partial charge in [0.05, 0.1) is 0 Å². The SMILES string of the molecule is CN1CCCCCC2(CCOCC2)C1. The smallest absolute Gasteiger partial charge is 0.0471 e. The van der Waals surface area contributed by atoms with Crippen LogP contribution in [0, 0.1) is 5.41 Å². The van der Waals surface area contributed by atoms with Crippen molar-refractivity contribution in [3.8, 4) is 0 Å². The first-order chi connectivity index (χ1) is 6.81. The normalized spacial score (nSPS) is 29.8. The maximum absolute atomic E-state index is 5.49. The van der Waals surface area contributed by atoms with Crippen LogP contribution >= 0.6 is 0 Å². The van der Waals surface area contributed by atoms with E-state index < -0.39 is 0 Å².